The molecule has 0 unspecified atom stereocenters. The quantitative estimate of drug-likeness (QED) is 0.676. The molecule has 27 heavy (non-hydrogen) atoms. The molecule has 0 atom stereocenters. The lowest BCUT2D eigenvalue weighted by Gasteiger charge is -2.09. The maximum absolute atomic E-state index is 9.98. The van der Waals surface area contributed by atoms with Gasteiger partial charge >= 0.3 is 0 Å². The molecule has 1 N–H and O–H groups in total. The topological polar surface area (TPSA) is 86.8 Å². The van der Waals surface area contributed by atoms with E-state index in [0.717, 1.165) is 5.56 Å². The molecule has 0 amide bonds. The Morgan fingerprint density at radius 1 is 1.07 bits per heavy atom. The fourth-order valence-electron chi connectivity index (χ4n) is 2.41. The van der Waals surface area contributed by atoms with E-state index in [9.17, 15) is 5.11 Å². The molecule has 0 bridgehead atoms. The van der Waals surface area contributed by atoms with Gasteiger partial charge in [0, 0.05) is 5.56 Å². The van der Waals surface area contributed by atoms with Gasteiger partial charge in [-0.3, -0.25) is 0 Å². The van der Waals surface area contributed by atoms with Crippen LogP contribution in [-0.4, -0.2) is 36.6 Å². The second-order valence-electron chi connectivity index (χ2n) is 5.42. The molecule has 1 heterocycles. The van der Waals surface area contributed by atoms with Crippen LogP contribution >= 0.6 is 11.6 Å². The van der Waals surface area contributed by atoms with Crippen LogP contribution in [0.5, 0.6) is 23.0 Å². The highest BCUT2D eigenvalue weighted by Gasteiger charge is 2.14. The number of aromatic nitrogens is 2. The molecule has 0 spiro atoms. The molecule has 3 aromatic rings. The number of hydrogen-bond acceptors (Lipinski definition) is 7. The third kappa shape index (κ3) is 3.98. The van der Waals surface area contributed by atoms with E-state index in [4.69, 9.17) is 30.3 Å². The Balaban J connectivity index is 1.92. The fraction of sp³-hybridized carbons (Fsp3) is 0.158. The average molecular weight is 389 g/mol. The van der Waals surface area contributed by atoms with Crippen molar-refractivity contribution in [1.29, 1.82) is 0 Å². The minimum Gasteiger partial charge on any atom is -0.502 e. The summed E-state index contributed by atoms with van der Waals surface area (Å²) in [4.78, 5) is 4.31. The Kier molecular flexibility index (Phi) is 5.52. The van der Waals surface area contributed by atoms with Gasteiger partial charge in [0.15, 0.2) is 11.5 Å². The lowest BCUT2D eigenvalue weighted by atomic mass is 10.1. The summed E-state index contributed by atoms with van der Waals surface area (Å²) in [5, 5.41) is 14.2. The second kappa shape index (κ2) is 8.01. The molecule has 0 aliphatic rings. The van der Waals surface area contributed by atoms with Crippen LogP contribution < -0.4 is 14.2 Å². The summed E-state index contributed by atoms with van der Waals surface area (Å²) in [6, 6.07) is 10.5. The molecule has 0 saturated heterocycles. The van der Waals surface area contributed by atoms with E-state index in [0.29, 0.717) is 17.1 Å². The van der Waals surface area contributed by atoms with E-state index >= 15 is 0 Å². The number of methoxy groups -OCH3 is 3. The number of aromatic hydroxyl groups is 1. The third-order valence-corrected chi connectivity index (χ3v) is 4.02. The summed E-state index contributed by atoms with van der Waals surface area (Å²) in [5.41, 5.74) is 1.37. The Bertz CT molecular complexity index is 959. The van der Waals surface area contributed by atoms with Gasteiger partial charge < -0.3 is 23.8 Å². The Morgan fingerprint density at radius 3 is 2.41 bits per heavy atom. The summed E-state index contributed by atoms with van der Waals surface area (Å²) < 4.78 is 20.7. The van der Waals surface area contributed by atoms with Crippen molar-refractivity contribution in [2.75, 3.05) is 21.3 Å². The van der Waals surface area contributed by atoms with Crippen molar-refractivity contribution in [2.45, 2.75) is 0 Å². The Labute approximate surface area is 160 Å². The van der Waals surface area contributed by atoms with Gasteiger partial charge in [-0.05, 0) is 35.9 Å². The smallest absolute Gasteiger partial charge is 0.269 e. The zero-order valence-electron chi connectivity index (χ0n) is 14.9. The number of phenols is 1. The SMILES string of the molecule is COc1cccc(-c2noc(/C(Cl)=C/c3cc(OC)c(O)c(OC)c3)n2)c1. The maximum atomic E-state index is 9.98. The molecule has 3 rings (SSSR count). The van der Waals surface area contributed by atoms with Crippen molar-refractivity contribution in [3.8, 4) is 34.4 Å². The first-order valence-electron chi connectivity index (χ1n) is 7.86. The van der Waals surface area contributed by atoms with E-state index in [2.05, 4.69) is 10.1 Å². The summed E-state index contributed by atoms with van der Waals surface area (Å²) in [6.07, 6.45) is 1.61. The number of benzene rings is 2. The fourth-order valence-corrected chi connectivity index (χ4v) is 2.61. The first-order chi connectivity index (χ1) is 13.0. The average Bonchev–Trinajstić information content (AvgIpc) is 3.19. The Morgan fingerprint density at radius 2 is 1.78 bits per heavy atom. The normalized spacial score (nSPS) is 11.3. The lowest BCUT2D eigenvalue weighted by Crippen LogP contribution is -1.90. The van der Waals surface area contributed by atoms with Gasteiger partial charge in [0.1, 0.15) is 10.8 Å². The van der Waals surface area contributed by atoms with E-state index < -0.39 is 0 Å². The van der Waals surface area contributed by atoms with Crippen LogP contribution in [0.15, 0.2) is 40.9 Å². The molecule has 140 valence electrons. The van der Waals surface area contributed by atoms with E-state index in [1.54, 1.807) is 31.4 Å². The van der Waals surface area contributed by atoms with Crippen LogP contribution in [0.25, 0.3) is 22.5 Å². The van der Waals surface area contributed by atoms with Crippen molar-refractivity contribution in [3.05, 3.63) is 47.9 Å². The van der Waals surface area contributed by atoms with Crippen molar-refractivity contribution in [1.82, 2.24) is 10.1 Å². The zero-order chi connectivity index (χ0) is 19.4. The van der Waals surface area contributed by atoms with Crippen LogP contribution in [-0.2, 0) is 0 Å². The molecular formula is C19H17ClN2O5. The van der Waals surface area contributed by atoms with E-state index in [1.165, 1.54) is 14.2 Å². The maximum Gasteiger partial charge on any atom is 0.269 e. The zero-order valence-corrected chi connectivity index (χ0v) is 15.6. The summed E-state index contributed by atoms with van der Waals surface area (Å²) in [5.74, 6) is 1.65. The monoisotopic (exact) mass is 388 g/mol. The number of nitrogens with zero attached hydrogens (tertiary/aromatic N) is 2. The molecule has 0 radical (unpaired) electrons. The summed E-state index contributed by atoms with van der Waals surface area (Å²) in [7, 11) is 4.48. The number of ether oxygens (including phenoxy) is 3. The second-order valence-corrected chi connectivity index (χ2v) is 5.83. The van der Waals surface area contributed by atoms with Gasteiger partial charge in [0.2, 0.25) is 11.6 Å². The number of hydrogen-bond donors (Lipinski definition) is 1. The third-order valence-electron chi connectivity index (χ3n) is 3.75. The highest BCUT2D eigenvalue weighted by atomic mass is 35.5. The first-order valence-corrected chi connectivity index (χ1v) is 8.24. The standard InChI is InChI=1S/C19H17ClN2O5/c1-24-13-6-4-5-12(10-13)18-21-19(27-22-18)14(20)7-11-8-15(25-2)17(23)16(9-11)26-3/h4-10,23H,1-3H3/b14-7-. The van der Waals surface area contributed by atoms with E-state index in [1.807, 2.05) is 18.2 Å². The molecule has 0 aliphatic heterocycles. The van der Waals surface area contributed by atoms with Crippen molar-refractivity contribution in [2.24, 2.45) is 0 Å². The largest absolute Gasteiger partial charge is 0.502 e. The van der Waals surface area contributed by atoms with Gasteiger partial charge in [0.25, 0.3) is 5.89 Å². The molecule has 0 aliphatic carbocycles. The molecular weight excluding hydrogens is 372 g/mol. The molecule has 0 fully saturated rings. The van der Waals surface area contributed by atoms with E-state index in [-0.39, 0.29) is 28.2 Å². The lowest BCUT2D eigenvalue weighted by molar-refractivity contribution is 0.340. The van der Waals surface area contributed by atoms with Gasteiger partial charge in [-0.2, -0.15) is 4.98 Å². The van der Waals surface area contributed by atoms with Crippen LogP contribution in [0.4, 0.5) is 0 Å². The molecule has 1 aromatic heterocycles. The highest BCUT2D eigenvalue weighted by Crippen LogP contribution is 2.38. The van der Waals surface area contributed by atoms with Crippen LogP contribution in [0.2, 0.25) is 0 Å². The number of rotatable bonds is 6. The Hall–Kier alpha value is -3.19. The van der Waals surface area contributed by atoms with Crippen molar-refractivity contribution < 1.29 is 23.8 Å². The molecule has 2 aromatic carbocycles. The minimum absolute atomic E-state index is 0.0913. The molecule has 0 saturated carbocycles. The minimum atomic E-state index is -0.0913. The predicted octanol–water partition coefficient (Wildman–Crippen LogP) is 4.20. The van der Waals surface area contributed by atoms with Crippen molar-refractivity contribution >= 4 is 22.7 Å². The summed E-state index contributed by atoms with van der Waals surface area (Å²) >= 11 is 6.33. The molecule has 7 nitrogen and oxygen atoms in total. The van der Waals surface area contributed by atoms with Crippen LogP contribution in [0.1, 0.15) is 11.5 Å². The van der Waals surface area contributed by atoms with Gasteiger partial charge in [-0.25, -0.2) is 0 Å². The number of phenolic OH excluding ortho intramolecular Hbond substituents is 1. The predicted molar refractivity (Wildman–Crippen MR) is 101 cm³/mol. The highest BCUT2D eigenvalue weighted by molar-refractivity contribution is 6.50. The number of halogens is 1. The molecule has 8 heteroatoms. The van der Waals surface area contributed by atoms with Crippen LogP contribution in [0, 0.1) is 0 Å². The van der Waals surface area contributed by atoms with Crippen LogP contribution in [0.3, 0.4) is 0 Å². The van der Waals surface area contributed by atoms with Gasteiger partial charge in [-0.1, -0.05) is 28.9 Å². The first kappa shape index (κ1) is 18.6. The van der Waals surface area contributed by atoms with Gasteiger partial charge in [-0.15, -0.1) is 0 Å². The summed E-state index contributed by atoms with van der Waals surface area (Å²) in [6.45, 7) is 0. The van der Waals surface area contributed by atoms with Gasteiger partial charge in [0.05, 0.1) is 21.3 Å². The van der Waals surface area contributed by atoms with Crippen molar-refractivity contribution in [3.63, 3.8) is 0 Å².